The smallest absolute Gasteiger partial charge is 0.407 e. The number of hydrogen-bond donors (Lipinski definition) is 1. The number of nitrogens with one attached hydrogen (secondary N) is 1. The molecule has 0 bridgehead atoms. The highest BCUT2D eigenvalue weighted by Gasteiger charge is 2.55. The van der Waals surface area contributed by atoms with E-state index in [1.54, 1.807) is 13.8 Å². The number of amides is 3. The van der Waals surface area contributed by atoms with Gasteiger partial charge in [0.25, 0.3) is 11.8 Å². The lowest BCUT2D eigenvalue weighted by Gasteiger charge is -2.24. The van der Waals surface area contributed by atoms with Crippen molar-refractivity contribution in [3.8, 4) is 0 Å². The highest BCUT2D eigenvalue weighted by Crippen LogP contribution is 2.39. The Morgan fingerprint density at radius 3 is 2.36 bits per heavy atom. The highest BCUT2D eigenvalue weighted by atomic mass is 16.8. The Bertz CT molecular complexity index is 904. The van der Waals surface area contributed by atoms with Gasteiger partial charge in [0.05, 0.1) is 12.5 Å². The minimum atomic E-state index is -0.909. The van der Waals surface area contributed by atoms with Crippen LogP contribution in [-0.2, 0) is 44.8 Å². The molecular weight excluding hydrogens is 436 g/mol. The molecule has 4 atom stereocenters. The molecule has 3 heterocycles. The molecule has 33 heavy (non-hydrogen) atoms. The van der Waals surface area contributed by atoms with E-state index >= 15 is 0 Å². The molecule has 1 N–H and O–H groups in total. The van der Waals surface area contributed by atoms with Crippen molar-refractivity contribution in [1.82, 2.24) is 10.4 Å². The first-order valence-corrected chi connectivity index (χ1v) is 10.7. The summed E-state index contributed by atoms with van der Waals surface area (Å²) in [4.78, 5) is 52.7. The standard InChI is InChI=1S/C22H26N2O9/c1-22(2)31-19-14(10-18(27)33-24-16(25)8-9-17(24)26)30-15(20(19)32-22)11-23-21(28)29-12-13-6-4-3-5-7-13/h3-7,14-15,19-20H,8-12H2,1-2H3,(H,23,28)/t14-,15+,19-,20+/m0/s1. The number of benzene rings is 1. The number of rotatable bonds is 7. The molecule has 3 fully saturated rings. The van der Waals surface area contributed by atoms with Gasteiger partial charge in [0.2, 0.25) is 0 Å². The van der Waals surface area contributed by atoms with Gasteiger partial charge in [-0.2, -0.15) is 0 Å². The summed E-state index contributed by atoms with van der Waals surface area (Å²) in [6, 6.07) is 9.26. The number of alkyl carbamates (subject to hydrolysis) is 1. The number of fused-ring (bicyclic) bond motifs is 1. The summed E-state index contributed by atoms with van der Waals surface area (Å²) in [6.45, 7) is 3.67. The van der Waals surface area contributed by atoms with E-state index in [9.17, 15) is 19.2 Å². The van der Waals surface area contributed by atoms with Gasteiger partial charge in [-0.05, 0) is 19.4 Å². The number of nitrogens with zero attached hydrogens (tertiary/aromatic N) is 1. The second kappa shape index (κ2) is 9.46. The zero-order valence-corrected chi connectivity index (χ0v) is 18.4. The Morgan fingerprint density at radius 1 is 1.06 bits per heavy atom. The van der Waals surface area contributed by atoms with Crippen LogP contribution in [0.1, 0.15) is 38.7 Å². The topological polar surface area (TPSA) is 130 Å². The third-order valence-corrected chi connectivity index (χ3v) is 5.47. The van der Waals surface area contributed by atoms with Gasteiger partial charge in [0.15, 0.2) is 5.79 Å². The highest BCUT2D eigenvalue weighted by molar-refractivity contribution is 6.01. The van der Waals surface area contributed by atoms with Crippen LogP contribution in [-0.4, -0.2) is 65.7 Å². The molecule has 0 aliphatic carbocycles. The quantitative estimate of drug-likeness (QED) is 0.594. The molecule has 11 heteroatoms. The fraction of sp³-hybridized carbons (Fsp3) is 0.545. The predicted octanol–water partition coefficient (Wildman–Crippen LogP) is 1.20. The number of carbonyl (C=O) groups excluding carboxylic acids is 4. The van der Waals surface area contributed by atoms with Crippen LogP contribution >= 0.6 is 0 Å². The van der Waals surface area contributed by atoms with E-state index in [1.807, 2.05) is 30.3 Å². The summed E-state index contributed by atoms with van der Waals surface area (Å²) in [7, 11) is 0. The molecule has 3 saturated heterocycles. The van der Waals surface area contributed by atoms with E-state index in [-0.39, 0.29) is 32.4 Å². The van der Waals surface area contributed by atoms with Crippen LogP contribution in [0.4, 0.5) is 4.79 Å². The molecule has 11 nitrogen and oxygen atoms in total. The van der Waals surface area contributed by atoms with Crippen LogP contribution in [0.25, 0.3) is 0 Å². The maximum Gasteiger partial charge on any atom is 0.407 e. The zero-order valence-electron chi connectivity index (χ0n) is 18.4. The lowest BCUT2D eigenvalue weighted by atomic mass is 10.1. The van der Waals surface area contributed by atoms with Gasteiger partial charge >= 0.3 is 12.1 Å². The first-order chi connectivity index (χ1) is 15.7. The molecule has 178 valence electrons. The Labute approximate surface area is 190 Å². The fourth-order valence-electron chi connectivity index (χ4n) is 4.02. The monoisotopic (exact) mass is 462 g/mol. The van der Waals surface area contributed by atoms with E-state index in [0.717, 1.165) is 5.56 Å². The third kappa shape index (κ3) is 5.49. The van der Waals surface area contributed by atoms with Crippen molar-refractivity contribution in [2.75, 3.05) is 6.54 Å². The molecular formula is C22H26N2O9. The first-order valence-electron chi connectivity index (χ1n) is 10.7. The second-order valence-corrected chi connectivity index (χ2v) is 8.47. The van der Waals surface area contributed by atoms with E-state index in [2.05, 4.69) is 5.32 Å². The maximum absolute atomic E-state index is 12.4. The molecule has 0 saturated carbocycles. The molecule has 0 aromatic heterocycles. The van der Waals surface area contributed by atoms with Gasteiger partial charge in [-0.3, -0.25) is 9.59 Å². The SMILES string of the molecule is CC1(C)O[C@@H]2[C@H](O1)[C@@H](CNC(=O)OCc1ccccc1)O[C@H]2CC(=O)ON1C(=O)CCC1=O. The van der Waals surface area contributed by atoms with E-state index in [1.165, 1.54) is 0 Å². The van der Waals surface area contributed by atoms with E-state index < -0.39 is 54.1 Å². The summed E-state index contributed by atoms with van der Waals surface area (Å²) in [5.74, 6) is -2.83. The van der Waals surface area contributed by atoms with Crippen LogP contribution in [0.15, 0.2) is 30.3 Å². The normalized spacial score (nSPS) is 28.0. The first kappa shape index (κ1) is 23.1. The van der Waals surface area contributed by atoms with Crippen LogP contribution in [0, 0.1) is 0 Å². The molecule has 0 spiro atoms. The summed E-state index contributed by atoms with van der Waals surface area (Å²) in [6.07, 6.45) is -3.34. The van der Waals surface area contributed by atoms with Crippen LogP contribution in [0.5, 0.6) is 0 Å². The van der Waals surface area contributed by atoms with Crippen molar-refractivity contribution < 1.29 is 43.0 Å². The van der Waals surface area contributed by atoms with Gasteiger partial charge in [-0.1, -0.05) is 30.3 Å². The predicted molar refractivity (Wildman–Crippen MR) is 109 cm³/mol. The summed E-state index contributed by atoms with van der Waals surface area (Å²) in [5, 5.41) is 3.14. The van der Waals surface area contributed by atoms with Crippen molar-refractivity contribution in [3.63, 3.8) is 0 Å². The fourth-order valence-corrected chi connectivity index (χ4v) is 4.02. The van der Waals surface area contributed by atoms with Gasteiger partial charge in [-0.15, -0.1) is 5.06 Å². The Hall–Kier alpha value is -3.02. The van der Waals surface area contributed by atoms with Crippen molar-refractivity contribution in [2.24, 2.45) is 0 Å². The van der Waals surface area contributed by atoms with Gasteiger partial charge in [0.1, 0.15) is 24.9 Å². The largest absolute Gasteiger partial charge is 0.445 e. The Balaban J connectivity index is 1.31. The maximum atomic E-state index is 12.4. The van der Waals surface area contributed by atoms with Crippen LogP contribution in [0.2, 0.25) is 0 Å². The van der Waals surface area contributed by atoms with Crippen molar-refractivity contribution in [3.05, 3.63) is 35.9 Å². The van der Waals surface area contributed by atoms with Crippen LogP contribution < -0.4 is 5.32 Å². The van der Waals surface area contributed by atoms with Crippen LogP contribution in [0.3, 0.4) is 0 Å². The minimum Gasteiger partial charge on any atom is -0.445 e. The van der Waals surface area contributed by atoms with Gasteiger partial charge in [0, 0.05) is 19.4 Å². The van der Waals surface area contributed by atoms with Crippen molar-refractivity contribution >= 4 is 23.9 Å². The number of ether oxygens (including phenoxy) is 4. The third-order valence-electron chi connectivity index (χ3n) is 5.47. The molecule has 0 unspecified atom stereocenters. The zero-order chi connectivity index (χ0) is 23.6. The van der Waals surface area contributed by atoms with E-state index in [0.29, 0.717) is 5.06 Å². The molecule has 4 rings (SSSR count). The summed E-state index contributed by atoms with van der Waals surface area (Å²) in [5.41, 5.74) is 0.854. The molecule has 3 aliphatic rings. The van der Waals surface area contributed by atoms with E-state index in [4.69, 9.17) is 23.8 Å². The number of hydrogen-bond acceptors (Lipinski definition) is 9. The molecule has 3 amide bonds. The Kier molecular flexibility index (Phi) is 6.63. The average Bonchev–Trinajstić information content (AvgIpc) is 3.37. The summed E-state index contributed by atoms with van der Waals surface area (Å²) >= 11 is 0. The van der Waals surface area contributed by atoms with Crippen molar-refractivity contribution in [2.45, 2.75) is 69.9 Å². The molecule has 3 aliphatic heterocycles. The number of hydroxylamine groups is 2. The second-order valence-electron chi connectivity index (χ2n) is 8.47. The summed E-state index contributed by atoms with van der Waals surface area (Å²) < 4.78 is 22.9. The number of carbonyl (C=O) groups is 4. The van der Waals surface area contributed by atoms with Gasteiger partial charge < -0.3 is 29.1 Å². The molecule has 1 aromatic rings. The molecule has 0 radical (unpaired) electrons. The average molecular weight is 462 g/mol. The van der Waals surface area contributed by atoms with Crippen molar-refractivity contribution in [1.29, 1.82) is 0 Å². The minimum absolute atomic E-state index is 0.00992. The lowest BCUT2D eigenvalue weighted by Crippen LogP contribution is -2.40. The Morgan fingerprint density at radius 2 is 1.70 bits per heavy atom. The molecule has 1 aromatic carbocycles. The number of imide groups is 1. The lowest BCUT2D eigenvalue weighted by molar-refractivity contribution is -0.204. The van der Waals surface area contributed by atoms with Gasteiger partial charge in [-0.25, -0.2) is 9.59 Å².